The normalized spacial score (nSPS) is 17.5. The second-order valence-corrected chi connectivity index (χ2v) is 7.21. The lowest BCUT2D eigenvalue weighted by Gasteiger charge is -2.36. The molecule has 2 rings (SSSR count). The first-order valence-electron chi connectivity index (χ1n) is 7.55. The third kappa shape index (κ3) is 4.48. The third-order valence-electron chi connectivity index (χ3n) is 3.93. The summed E-state index contributed by atoms with van der Waals surface area (Å²) in [6, 6.07) is 5.19. The summed E-state index contributed by atoms with van der Waals surface area (Å²) in [6.07, 6.45) is 1.31. The van der Waals surface area contributed by atoms with E-state index in [1.165, 1.54) is 18.2 Å². The van der Waals surface area contributed by atoms with Crippen molar-refractivity contribution in [2.45, 2.75) is 23.3 Å². The van der Waals surface area contributed by atoms with Crippen LogP contribution >= 0.6 is 0 Å². The van der Waals surface area contributed by atoms with E-state index in [-0.39, 0.29) is 18.0 Å². The lowest BCUT2D eigenvalue weighted by Crippen LogP contribution is -2.46. The minimum atomic E-state index is -3.99. The monoisotopic (exact) mass is 359 g/mol. The maximum atomic E-state index is 12.2. The molecule has 0 aliphatic carbocycles. The van der Waals surface area contributed by atoms with Crippen molar-refractivity contribution < 1.29 is 22.8 Å². The number of rotatable bonds is 8. The number of ether oxygens (including phenoxy) is 2. The average Bonchev–Trinajstić information content (AvgIpc) is 2.59. The molecule has 1 aliphatic heterocycles. The standard InChI is InChI=1S/C14H21N3O6S/c15-11-14(5-8-22-9-6-14)23-10-7-16-24(20,21)13-4-2-1-3-12(13)17(18)19/h1-4,16H,5-11,15H2. The van der Waals surface area contributed by atoms with Gasteiger partial charge >= 0.3 is 0 Å². The molecule has 0 amide bonds. The van der Waals surface area contributed by atoms with Gasteiger partial charge in [0, 0.05) is 45.2 Å². The molecular weight excluding hydrogens is 338 g/mol. The summed E-state index contributed by atoms with van der Waals surface area (Å²) in [5.41, 5.74) is 4.79. The van der Waals surface area contributed by atoms with E-state index in [4.69, 9.17) is 15.2 Å². The molecule has 24 heavy (non-hydrogen) atoms. The quantitative estimate of drug-likeness (QED) is 0.390. The molecule has 10 heteroatoms. The van der Waals surface area contributed by atoms with E-state index >= 15 is 0 Å². The zero-order chi connectivity index (χ0) is 17.6. The third-order valence-corrected chi connectivity index (χ3v) is 5.44. The van der Waals surface area contributed by atoms with Gasteiger partial charge in [0.05, 0.1) is 17.1 Å². The Hall–Kier alpha value is -1.59. The lowest BCUT2D eigenvalue weighted by molar-refractivity contribution is -0.387. The van der Waals surface area contributed by atoms with Gasteiger partial charge in [-0.25, -0.2) is 13.1 Å². The molecule has 0 bridgehead atoms. The summed E-state index contributed by atoms with van der Waals surface area (Å²) in [5.74, 6) is 0. The van der Waals surface area contributed by atoms with Gasteiger partial charge in [-0.15, -0.1) is 0 Å². The van der Waals surface area contributed by atoms with Gasteiger partial charge in [0.25, 0.3) is 5.69 Å². The molecule has 0 atom stereocenters. The topological polar surface area (TPSA) is 134 Å². The van der Waals surface area contributed by atoms with Crippen LogP contribution in [-0.4, -0.2) is 51.9 Å². The fraction of sp³-hybridized carbons (Fsp3) is 0.571. The summed E-state index contributed by atoms with van der Waals surface area (Å²) < 4.78 is 37.8. The predicted octanol–water partition coefficient (Wildman–Crippen LogP) is 0.398. The molecule has 1 aliphatic rings. The van der Waals surface area contributed by atoms with E-state index in [1.807, 2.05) is 0 Å². The van der Waals surface area contributed by atoms with Crippen molar-refractivity contribution in [1.82, 2.24) is 4.72 Å². The summed E-state index contributed by atoms with van der Waals surface area (Å²) in [6.45, 7) is 1.56. The van der Waals surface area contributed by atoms with Crippen LogP contribution < -0.4 is 10.5 Å². The Morgan fingerprint density at radius 2 is 2.00 bits per heavy atom. The molecule has 0 radical (unpaired) electrons. The van der Waals surface area contributed by atoms with Gasteiger partial charge in [-0.2, -0.15) is 0 Å². The Balaban J connectivity index is 1.95. The van der Waals surface area contributed by atoms with E-state index in [1.54, 1.807) is 0 Å². The van der Waals surface area contributed by atoms with Gasteiger partial charge in [-0.1, -0.05) is 12.1 Å². The maximum absolute atomic E-state index is 12.2. The molecule has 3 N–H and O–H groups in total. The van der Waals surface area contributed by atoms with Crippen molar-refractivity contribution in [3.63, 3.8) is 0 Å². The maximum Gasteiger partial charge on any atom is 0.289 e. The first-order chi connectivity index (χ1) is 11.4. The highest BCUT2D eigenvalue weighted by Gasteiger charge is 2.32. The van der Waals surface area contributed by atoms with Crippen molar-refractivity contribution in [1.29, 1.82) is 0 Å². The molecule has 0 aromatic heterocycles. The van der Waals surface area contributed by atoms with Gasteiger partial charge in [-0.3, -0.25) is 10.1 Å². The van der Waals surface area contributed by atoms with Gasteiger partial charge < -0.3 is 15.2 Å². The fourth-order valence-corrected chi connectivity index (χ4v) is 3.69. The van der Waals surface area contributed by atoms with Crippen molar-refractivity contribution in [2.75, 3.05) is 32.9 Å². The molecule has 1 aromatic carbocycles. The number of hydrogen-bond acceptors (Lipinski definition) is 7. The van der Waals surface area contributed by atoms with Crippen LogP contribution in [0.4, 0.5) is 5.69 Å². The molecule has 1 aromatic rings. The van der Waals surface area contributed by atoms with Crippen LogP contribution in [0.3, 0.4) is 0 Å². The zero-order valence-corrected chi connectivity index (χ0v) is 14.0. The molecule has 0 saturated carbocycles. The van der Waals surface area contributed by atoms with Gasteiger partial charge in [0.2, 0.25) is 10.0 Å². The van der Waals surface area contributed by atoms with Crippen molar-refractivity contribution in [3.05, 3.63) is 34.4 Å². The minimum Gasteiger partial charge on any atom is -0.381 e. The Morgan fingerprint density at radius 3 is 2.62 bits per heavy atom. The number of para-hydroxylation sites is 1. The molecule has 1 saturated heterocycles. The van der Waals surface area contributed by atoms with Gasteiger partial charge in [0.15, 0.2) is 4.90 Å². The van der Waals surface area contributed by atoms with Crippen molar-refractivity contribution in [3.8, 4) is 0 Å². The first-order valence-corrected chi connectivity index (χ1v) is 9.03. The average molecular weight is 359 g/mol. The van der Waals surface area contributed by atoms with Crippen LogP contribution in [0, 0.1) is 10.1 Å². The van der Waals surface area contributed by atoms with Crippen molar-refractivity contribution >= 4 is 15.7 Å². The van der Waals surface area contributed by atoms with Crippen LogP contribution in [0.15, 0.2) is 29.2 Å². The number of nitro groups is 1. The van der Waals surface area contributed by atoms with Crippen LogP contribution in [0.25, 0.3) is 0 Å². The fourth-order valence-electron chi connectivity index (χ4n) is 2.51. The largest absolute Gasteiger partial charge is 0.381 e. The first kappa shape index (κ1) is 18.7. The number of nitro benzene ring substituents is 1. The van der Waals surface area contributed by atoms with Crippen molar-refractivity contribution in [2.24, 2.45) is 5.73 Å². The van der Waals surface area contributed by atoms with Crippen LogP contribution in [0.5, 0.6) is 0 Å². The molecule has 0 spiro atoms. The second-order valence-electron chi connectivity index (χ2n) is 5.47. The predicted molar refractivity (Wildman–Crippen MR) is 86.1 cm³/mol. The van der Waals surface area contributed by atoms with Crippen LogP contribution in [0.2, 0.25) is 0 Å². The highest BCUT2D eigenvalue weighted by atomic mass is 32.2. The number of nitrogens with two attached hydrogens (primary N) is 1. The molecule has 134 valence electrons. The molecule has 1 fully saturated rings. The summed E-state index contributed by atoms with van der Waals surface area (Å²) in [5, 5.41) is 10.9. The molecular formula is C14H21N3O6S. The van der Waals surface area contributed by atoms with E-state index in [9.17, 15) is 18.5 Å². The molecule has 9 nitrogen and oxygen atoms in total. The van der Waals surface area contributed by atoms with E-state index in [0.717, 1.165) is 6.07 Å². The zero-order valence-electron chi connectivity index (χ0n) is 13.1. The number of nitrogens with zero attached hydrogens (tertiary/aromatic N) is 1. The summed E-state index contributed by atoms with van der Waals surface area (Å²) in [4.78, 5) is 9.86. The smallest absolute Gasteiger partial charge is 0.289 e. The highest BCUT2D eigenvalue weighted by Crippen LogP contribution is 2.24. The molecule has 0 unspecified atom stereocenters. The molecule has 1 heterocycles. The lowest BCUT2D eigenvalue weighted by atomic mass is 9.94. The minimum absolute atomic E-state index is 0.00299. The van der Waals surface area contributed by atoms with E-state index in [2.05, 4.69) is 4.72 Å². The Morgan fingerprint density at radius 1 is 1.33 bits per heavy atom. The highest BCUT2D eigenvalue weighted by molar-refractivity contribution is 7.89. The summed E-state index contributed by atoms with van der Waals surface area (Å²) in [7, 11) is -3.99. The number of nitrogens with one attached hydrogen (secondary N) is 1. The van der Waals surface area contributed by atoms with Gasteiger partial charge in [-0.05, 0) is 6.07 Å². The van der Waals surface area contributed by atoms with Gasteiger partial charge in [0.1, 0.15) is 0 Å². The number of sulfonamides is 1. The van der Waals surface area contributed by atoms with E-state index in [0.29, 0.717) is 32.6 Å². The number of benzene rings is 1. The Bertz CT molecular complexity index is 673. The SMILES string of the molecule is NCC1(OCCNS(=O)(=O)c2ccccc2[N+](=O)[O-])CCOCC1. The number of hydrogen-bond donors (Lipinski definition) is 2. The second kappa shape index (κ2) is 7.99. The summed E-state index contributed by atoms with van der Waals surface area (Å²) >= 11 is 0. The van der Waals surface area contributed by atoms with E-state index < -0.39 is 26.2 Å². The van der Waals surface area contributed by atoms with Crippen LogP contribution in [0.1, 0.15) is 12.8 Å². The Labute approximate surface area is 140 Å². The Kier molecular flexibility index (Phi) is 6.24. The van der Waals surface area contributed by atoms with Crippen LogP contribution in [-0.2, 0) is 19.5 Å².